The number of thiol groups is 1. The van der Waals surface area contributed by atoms with Crippen LogP contribution in [0.25, 0.3) is 0 Å². The van der Waals surface area contributed by atoms with Gasteiger partial charge >= 0.3 is 0 Å². The van der Waals surface area contributed by atoms with Gasteiger partial charge in [-0.2, -0.15) is 12.6 Å². The van der Waals surface area contributed by atoms with Crippen molar-refractivity contribution in [2.75, 3.05) is 0 Å². The summed E-state index contributed by atoms with van der Waals surface area (Å²) in [5, 5.41) is 0. The Hall–Kier alpha value is -0.690. The monoisotopic (exact) mass is 302 g/mol. The van der Waals surface area contributed by atoms with Gasteiger partial charge in [0, 0.05) is 10.7 Å². The molecular weight excluding hydrogens is 272 g/mol. The quantitative estimate of drug-likeness (QED) is 0.458. The Balaban J connectivity index is 2.23. The predicted octanol–water partition coefficient (Wildman–Crippen LogP) is 6.14. The maximum absolute atomic E-state index is 5.02. The van der Waals surface area contributed by atoms with Gasteiger partial charge in [-0.05, 0) is 54.7 Å². The van der Waals surface area contributed by atoms with E-state index in [9.17, 15) is 0 Å². The minimum Gasteiger partial charge on any atom is -0.172 e. The third-order valence-corrected chi connectivity index (χ3v) is 6.99. The highest BCUT2D eigenvalue weighted by atomic mass is 32.1. The van der Waals surface area contributed by atoms with Crippen molar-refractivity contribution in [3.05, 3.63) is 47.6 Å². The summed E-state index contributed by atoms with van der Waals surface area (Å²) in [7, 11) is 0. The average Bonchev–Trinajstić information content (AvgIpc) is 2.40. The fourth-order valence-corrected chi connectivity index (χ4v) is 5.07. The van der Waals surface area contributed by atoms with Crippen LogP contribution in [-0.4, -0.2) is 4.75 Å². The third kappa shape index (κ3) is 2.38. The molecule has 3 aliphatic rings. The average molecular weight is 303 g/mol. The van der Waals surface area contributed by atoms with Gasteiger partial charge in [0.1, 0.15) is 0 Å². The zero-order valence-corrected chi connectivity index (χ0v) is 15.2. The van der Waals surface area contributed by atoms with Crippen molar-refractivity contribution < 1.29 is 0 Å². The molecule has 3 aliphatic carbocycles. The molecule has 4 unspecified atom stereocenters. The van der Waals surface area contributed by atoms with Gasteiger partial charge in [-0.3, -0.25) is 0 Å². The zero-order valence-electron chi connectivity index (χ0n) is 14.3. The van der Waals surface area contributed by atoms with Gasteiger partial charge in [-0.1, -0.05) is 58.1 Å². The van der Waals surface area contributed by atoms with Crippen LogP contribution in [0.2, 0.25) is 0 Å². The number of hydrogen-bond acceptors (Lipinski definition) is 1. The molecule has 0 radical (unpaired) electrons. The molecule has 1 heteroatoms. The molecule has 21 heavy (non-hydrogen) atoms. The summed E-state index contributed by atoms with van der Waals surface area (Å²) in [6, 6.07) is 0. The fraction of sp³-hybridized carbons (Fsp3) is 0.600. The molecule has 4 atom stereocenters. The van der Waals surface area contributed by atoms with E-state index in [-0.39, 0.29) is 4.75 Å². The Bertz CT molecular complexity index is 532. The lowest BCUT2D eigenvalue weighted by atomic mass is 9.41. The van der Waals surface area contributed by atoms with Gasteiger partial charge in [0.15, 0.2) is 0 Å². The molecule has 0 nitrogen and oxygen atoms in total. The lowest BCUT2D eigenvalue weighted by molar-refractivity contribution is -0.0521. The predicted molar refractivity (Wildman–Crippen MR) is 97.8 cm³/mol. The normalized spacial score (nSPS) is 38.6. The molecule has 1 fully saturated rings. The van der Waals surface area contributed by atoms with Crippen LogP contribution in [0.4, 0.5) is 0 Å². The highest BCUT2D eigenvalue weighted by Gasteiger charge is 2.66. The minimum absolute atomic E-state index is 0.105. The first-order chi connectivity index (χ1) is 9.66. The molecule has 0 saturated heterocycles. The van der Waals surface area contributed by atoms with E-state index in [0.717, 1.165) is 30.4 Å². The minimum atomic E-state index is 0.105. The van der Waals surface area contributed by atoms with E-state index in [4.69, 9.17) is 12.6 Å². The molecule has 0 aromatic heterocycles. The lowest BCUT2D eigenvalue weighted by Crippen LogP contribution is -2.66. The molecule has 0 aliphatic heterocycles. The molecule has 116 valence electrons. The van der Waals surface area contributed by atoms with E-state index >= 15 is 0 Å². The van der Waals surface area contributed by atoms with Crippen LogP contribution in [-0.2, 0) is 0 Å². The van der Waals surface area contributed by atoms with Gasteiger partial charge in [0.2, 0.25) is 0 Å². The summed E-state index contributed by atoms with van der Waals surface area (Å²) in [4.78, 5) is 0. The Morgan fingerprint density at radius 2 is 2.00 bits per heavy atom. The molecule has 0 heterocycles. The van der Waals surface area contributed by atoms with Crippen molar-refractivity contribution in [3.63, 3.8) is 0 Å². The first kappa shape index (κ1) is 16.7. The highest BCUT2D eigenvalue weighted by Crippen LogP contribution is 2.70. The summed E-state index contributed by atoms with van der Waals surface area (Å²) in [6.45, 7) is 19.8. The molecule has 1 saturated carbocycles. The number of fused-ring (bicyclic) bond motifs is 1. The van der Waals surface area contributed by atoms with Crippen LogP contribution in [0.1, 0.15) is 53.9 Å². The maximum Gasteiger partial charge on any atom is 0.0232 e. The molecule has 0 amide bonds. The van der Waals surface area contributed by atoms with Crippen molar-refractivity contribution in [1.29, 1.82) is 0 Å². The molecular formula is C20H30S. The second-order valence-electron chi connectivity index (χ2n) is 7.46. The number of hydrogen-bond donors (Lipinski definition) is 1. The third-order valence-electron chi connectivity index (χ3n) is 6.20. The van der Waals surface area contributed by atoms with Gasteiger partial charge in [0.25, 0.3) is 0 Å². The zero-order chi connectivity index (χ0) is 16.0. The maximum atomic E-state index is 5.02. The van der Waals surface area contributed by atoms with Crippen molar-refractivity contribution in [3.8, 4) is 0 Å². The summed E-state index contributed by atoms with van der Waals surface area (Å²) >= 11 is 5.02. The molecule has 2 bridgehead atoms. The lowest BCUT2D eigenvalue weighted by Gasteiger charge is -2.68. The molecule has 0 spiro atoms. The Labute approximate surface area is 136 Å². The Kier molecular flexibility index (Phi) is 4.37. The van der Waals surface area contributed by atoms with Crippen molar-refractivity contribution in [2.45, 2.75) is 58.6 Å². The van der Waals surface area contributed by atoms with Crippen LogP contribution >= 0.6 is 12.6 Å². The van der Waals surface area contributed by atoms with E-state index in [1.54, 1.807) is 0 Å². The number of allylic oxidation sites excluding steroid dienone is 6. The number of rotatable bonds is 5. The second kappa shape index (κ2) is 5.50. The van der Waals surface area contributed by atoms with Crippen LogP contribution < -0.4 is 0 Å². The van der Waals surface area contributed by atoms with E-state index < -0.39 is 0 Å². The second-order valence-corrected chi connectivity index (χ2v) is 8.38. The smallest absolute Gasteiger partial charge is 0.0232 e. The topological polar surface area (TPSA) is 0 Å². The largest absolute Gasteiger partial charge is 0.172 e. The Morgan fingerprint density at radius 1 is 1.38 bits per heavy atom. The van der Waals surface area contributed by atoms with Crippen molar-refractivity contribution in [1.82, 2.24) is 0 Å². The van der Waals surface area contributed by atoms with Crippen LogP contribution in [0, 0.1) is 17.3 Å². The summed E-state index contributed by atoms with van der Waals surface area (Å²) in [5.41, 5.74) is 5.57. The van der Waals surface area contributed by atoms with E-state index in [0.29, 0.717) is 17.3 Å². The van der Waals surface area contributed by atoms with Crippen LogP contribution in [0.3, 0.4) is 0 Å². The van der Waals surface area contributed by atoms with Gasteiger partial charge in [0.05, 0.1) is 0 Å². The van der Waals surface area contributed by atoms with Crippen LogP contribution in [0.15, 0.2) is 47.6 Å². The Morgan fingerprint density at radius 3 is 2.52 bits per heavy atom. The van der Waals surface area contributed by atoms with Gasteiger partial charge < -0.3 is 0 Å². The van der Waals surface area contributed by atoms with Crippen molar-refractivity contribution >= 4 is 12.6 Å². The SMILES string of the molecule is C=C(/C=C\C1=C(C)CC2(C)C(C)C1C2(C)S)C(=C)CCC. The highest BCUT2D eigenvalue weighted by molar-refractivity contribution is 7.82. The fourth-order valence-electron chi connectivity index (χ4n) is 4.42. The summed E-state index contributed by atoms with van der Waals surface area (Å²) in [6.07, 6.45) is 7.76. The summed E-state index contributed by atoms with van der Waals surface area (Å²) < 4.78 is 0.105. The van der Waals surface area contributed by atoms with E-state index in [1.165, 1.54) is 11.1 Å². The van der Waals surface area contributed by atoms with E-state index in [1.807, 2.05) is 0 Å². The standard InChI is InChI=1S/C20H30S/c1-8-9-13(2)14(3)10-11-17-15(4)12-19(6)16(5)18(17)20(19,7)21/h10-11,16,18,21H,2-3,8-9,12H2,1,4-7H3/b11-10-. The first-order valence-electron chi connectivity index (χ1n) is 8.14. The molecule has 0 N–H and O–H groups in total. The van der Waals surface area contributed by atoms with Gasteiger partial charge in [-0.25, -0.2) is 0 Å². The molecule has 3 rings (SSSR count). The van der Waals surface area contributed by atoms with Crippen molar-refractivity contribution in [2.24, 2.45) is 17.3 Å². The summed E-state index contributed by atoms with van der Waals surface area (Å²) in [5.74, 6) is 1.26. The molecule has 0 aromatic carbocycles. The van der Waals surface area contributed by atoms with E-state index in [2.05, 4.69) is 59.9 Å². The van der Waals surface area contributed by atoms with Crippen LogP contribution in [0.5, 0.6) is 0 Å². The first-order valence-corrected chi connectivity index (χ1v) is 8.58. The molecule has 0 aromatic rings. The van der Waals surface area contributed by atoms with Gasteiger partial charge in [-0.15, -0.1) is 0 Å².